The first-order chi connectivity index (χ1) is 14.9. The number of likely N-dealkylation sites (N-methyl/N-ethyl adjacent to an activating group) is 1. The van der Waals surface area contributed by atoms with Crippen LogP contribution in [0.4, 0.5) is 0 Å². The van der Waals surface area contributed by atoms with Gasteiger partial charge in [0.15, 0.2) is 0 Å². The van der Waals surface area contributed by atoms with Crippen molar-refractivity contribution in [3.05, 3.63) is 65.2 Å². The Labute approximate surface area is 182 Å². The molecule has 1 atom stereocenters. The molecule has 0 saturated carbocycles. The molecule has 7 heteroatoms. The lowest BCUT2D eigenvalue weighted by Crippen LogP contribution is -2.35. The van der Waals surface area contributed by atoms with Crippen LogP contribution in [0.3, 0.4) is 0 Å². The lowest BCUT2D eigenvalue weighted by atomic mass is 9.95. The molecular formula is C24H28N2O5. The zero-order valence-electron chi connectivity index (χ0n) is 18.3. The Balaban J connectivity index is 2.09. The minimum Gasteiger partial charge on any atom is -0.507 e. The lowest BCUT2D eigenvalue weighted by Gasteiger charge is -2.26. The number of Topliss-reactive ketones (excluding diaryl/α,β-unsaturated/α-hetero) is 1. The molecule has 1 aliphatic rings. The van der Waals surface area contributed by atoms with Crippen LogP contribution < -0.4 is 9.47 Å². The van der Waals surface area contributed by atoms with E-state index in [-0.39, 0.29) is 11.3 Å². The molecule has 1 aliphatic heterocycles. The zero-order valence-corrected chi connectivity index (χ0v) is 18.3. The van der Waals surface area contributed by atoms with Gasteiger partial charge >= 0.3 is 0 Å². The second kappa shape index (κ2) is 9.66. The number of amides is 1. The summed E-state index contributed by atoms with van der Waals surface area (Å²) < 4.78 is 10.7. The minimum absolute atomic E-state index is 0.0816. The van der Waals surface area contributed by atoms with Gasteiger partial charge in [0.25, 0.3) is 11.7 Å². The van der Waals surface area contributed by atoms with Gasteiger partial charge in [-0.1, -0.05) is 12.1 Å². The van der Waals surface area contributed by atoms with E-state index in [0.29, 0.717) is 36.8 Å². The summed E-state index contributed by atoms with van der Waals surface area (Å²) in [5.74, 6) is -0.174. The smallest absolute Gasteiger partial charge is 0.295 e. The van der Waals surface area contributed by atoms with E-state index in [1.54, 1.807) is 43.5 Å². The first kappa shape index (κ1) is 22.4. The number of benzene rings is 2. The number of hydrogen-bond donors (Lipinski definition) is 1. The topological polar surface area (TPSA) is 79.3 Å². The van der Waals surface area contributed by atoms with Crippen LogP contribution >= 0.6 is 0 Å². The van der Waals surface area contributed by atoms with Crippen LogP contribution in [0.1, 0.15) is 24.1 Å². The van der Waals surface area contributed by atoms with Gasteiger partial charge in [-0.2, -0.15) is 0 Å². The van der Waals surface area contributed by atoms with Crippen molar-refractivity contribution in [3.8, 4) is 11.5 Å². The monoisotopic (exact) mass is 424 g/mol. The molecule has 0 bridgehead atoms. The number of hydrogen-bond acceptors (Lipinski definition) is 6. The Hall–Kier alpha value is -3.32. The van der Waals surface area contributed by atoms with Gasteiger partial charge in [0.2, 0.25) is 0 Å². The highest BCUT2D eigenvalue weighted by Gasteiger charge is 2.45. The van der Waals surface area contributed by atoms with Gasteiger partial charge in [-0.3, -0.25) is 9.59 Å². The molecule has 2 aromatic carbocycles. The molecule has 7 nitrogen and oxygen atoms in total. The van der Waals surface area contributed by atoms with Crippen molar-refractivity contribution in [1.82, 2.24) is 9.80 Å². The van der Waals surface area contributed by atoms with Crippen molar-refractivity contribution in [1.29, 1.82) is 0 Å². The summed E-state index contributed by atoms with van der Waals surface area (Å²) in [4.78, 5) is 29.3. The van der Waals surface area contributed by atoms with Crippen LogP contribution in [0.5, 0.6) is 11.5 Å². The van der Waals surface area contributed by atoms with E-state index in [0.717, 1.165) is 5.56 Å². The van der Waals surface area contributed by atoms with Crippen LogP contribution in [-0.2, 0) is 9.59 Å². The van der Waals surface area contributed by atoms with Crippen molar-refractivity contribution < 1.29 is 24.2 Å². The van der Waals surface area contributed by atoms with E-state index in [9.17, 15) is 14.7 Å². The molecule has 2 aromatic rings. The number of methoxy groups -OCH3 is 1. The van der Waals surface area contributed by atoms with Crippen molar-refractivity contribution in [3.63, 3.8) is 0 Å². The molecule has 1 amide bonds. The van der Waals surface area contributed by atoms with Crippen LogP contribution in [0.2, 0.25) is 0 Å². The standard InChI is InChI=1S/C24H28N2O5/c1-5-31-19-12-6-16(7-13-19)21-20(22(27)17-8-10-18(30-4)11-9-17)23(28)24(29)26(21)15-14-25(2)3/h6-13,21,27H,5,14-15H2,1-4H3. The van der Waals surface area contributed by atoms with Gasteiger partial charge in [0, 0.05) is 18.7 Å². The number of aliphatic hydroxyl groups excluding tert-OH is 1. The van der Waals surface area contributed by atoms with Gasteiger partial charge in [-0.15, -0.1) is 0 Å². The molecule has 0 radical (unpaired) electrons. The summed E-state index contributed by atoms with van der Waals surface area (Å²) in [5, 5.41) is 11.0. The highest BCUT2D eigenvalue weighted by atomic mass is 16.5. The summed E-state index contributed by atoms with van der Waals surface area (Å²) >= 11 is 0. The van der Waals surface area contributed by atoms with Crippen molar-refractivity contribution >= 4 is 17.4 Å². The van der Waals surface area contributed by atoms with Crippen molar-refractivity contribution in [2.45, 2.75) is 13.0 Å². The summed E-state index contributed by atoms with van der Waals surface area (Å²) in [6.45, 7) is 3.38. The number of ether oxygens (including phenoxy) is 2. The Kier molecular flexibility index (Phi) is 6.97. The molecule has 0 spiro atoms. The molecule has 1 saturated heterocycles. The fourth-order valence-electron chi connectivity index (χ4n) is 3.58. The van der Waals surface area contributed by atoms with Gasteiger partial charge < -0.3 is 24.4 Å². The van der Waals surface area contributed by atoms with Gasteiger partial charge in [-0.05, 0) is 63.0 Å². The van der Waals surface area contributed by atoms with E-state index >= 15 is 0 Å². The average Bonchev–Trinajstić information content (AvgIpc) is 3.02. The maximum atomic E-state index is 13.0. The molecule has 1 heterocycles. The predicted octanol–water partition coefficient (Wildman–Crippen LogP) is 3.08. The Morgan fingerprint density at radius 2 is 1.65 bits per heavy atom. The Bertz CT molecular complexity index is 964. The number of nitrogens with zero attached hydrogens (tertiary/aromatic N) is 2. The summed E-state index contributed by atoms with van der Waals surface area (Å²) in [6.07, 6.45) is 0. The van der Waals surface area contributed by atoms with E-state index in [4.69, 9.17) is 9.47 Å². The Morgan fingerprint density at radius 3 is 2.19 bits per heavy atom. The predicted molar refractivity (Wildman–Crippen MR) is 118 cm³/mol. The van der Waals surface area contributed by atoms with Crippen LogP contribution in [-0.4, -0.2) is 67.5 Å². The zero-order chi connectivity index (χ0) is 22.5. The fourth-order valence-corrected chi connectivity index (χ4v) is 3.58. The van der Waals surface area contributed by atoms with Gasteiger partial charge in [0.1, 0.15) is 17.3 Å². The first-order valence-corrected chi connectivity index (χ1v) is 10.2. The average molecular weight is 424 g/mol. The summed E-state index contributed by atoms with van der Waals surface area (Å²) in [6, 6.07) is 13.3. The largest absolute Gasteiger partial charge is 0.507 e. The molecule has 3 rings (SSSR count). The molecule has 0 aromatic heterocycles. The van der Waals surface area contributed by atoms with Crippen LogP contribution in [0, 0.1) is 0 Å². The van der Waals surface area contributed by atoms with Crippen LogP contribution in [0.15, 0.2) is 54.1 Å². The third-order valence-electron chi connectivity index (χ3n) is 5.20. The van der Waals surface area contributed by atoms with E-state index in [1.165, 1.54) is 4.90 Å². The summed E-state index contributed by atoms with van der Waals surface area (Å²) in [7, 11) is 5.36. The molecule has 31 heavy (non-hydrogen) atoms. The number of carbonyl (C=O) groups is 2. The second-order valence-electron chi connectivity index (χ2n) is 7.53. The third kappa shape index (κ3) is 4.72. The SMILES string of the molecule is CCOc1ccc(C2C(=C(O)c3ccc(OC)cc3)C(=O)C(=O)N2CCN(C)C)cc1. The van der Waals surface area contributed by atoms with E-state index < -0.39 is 17.7 Å². The maximum absolute atomic E-state index is 13.0. The highest BCUT2D eigenvalue weighted by Crippen LogP contribution is 2.39. The lowest BCUT2D eigenvalue weighted by molar-refractivity contribution is -0.140. The van der Waals surface area contributed by atoms with Crippen LogP contribution in [0.25, 0.3) is 5.76 Å². The number of carbonyl (C=O) groups excluding carboxylic acids is 2. The van der Waals surface area contributed by atoms with Crippen molar-refractivity contribution in [2.24, 2.45) is 0 Å². The Morgan fingerprint density at radius 1 is 1.03 bits per heavy atom. The van der Waals surface area contributed by atoms with Crippen molar-refractivity contribution in [2.75, 3.05) is 40.9 Å². The maximum Gasteiger partial charge on any atom is 0.295 e. The number of aliphatic hydroxyl groups is 1. The number of rotatable bonds is 8. The number of ketones is 1. The second-order valence-corrected chi connectivity index (χ2v) is 7.53. The molecule has 1 unspecified atom stereocenters. The summed E-state index contributed by atoms with van der Waals surface area (Å²) in [5.41, 5.74) is 1.26. The third-order valence-corrected chi connectivity index (χ3v) is 5.20. The molecule has 164 valence electrons. The number of likely N-dealkylation sites (tertiary alicyclic amines) is 1. The molecule has 1 fully saturated rings. The molecule has 1 N–H and O–H groups in total. The molecular weight excluding hydrogens is 396 g/mol. The fraction of sp³-hybridized carbons (Fsp3) is 0.333. The molecule has 0 aliphatic carbocycles. The van der Waals surface area contributed by atoms with E-state index in [1.807, 2.05) is 38.1 Å². The van der Waals surface area contributed by atoms with Gasteiger partial charge in [0.05, 0.1) is 25.3 Å². The quantitative estimate of drug-likeness (QED) is 0.399. The minimum atomic E-state index is -0.689. The highest BCUT2D eigenvalue weighted by molar-refractivity contribution is 6.46. The van der Waals surface area contributed by atoms with E-state index in [2.05, 4.69) is 0 Å². The van der Waals surface area contributed by atoms with Gasteiger partial charge in [-0.25, -0.2) is 0 Å². The first-order valence-electron chi connectivity index (χ1n) is 10.2. The normalized spacial score (nSPS) is 18.0.